The molecule has 0 fully saturated rings. The van der Waals surface area contributed by atoms with Crippen molar-refractivity contribution in [2.45, 2.75) is 26.2 Å². The Balaban J connectivity index is 2.71. The number of unbranched alkanes of at least 4 members (excludes halogenated alkanes) is 1. The van der Waals surface area contributed by atoms with E-state index in [4.69, 9.17) is 28.7 Å². The summed E-state index contributed by atoms with van der Waals surface area (Å²) in [6.45, 7) is 1.73. The second kappa shape index (κ2) is 8.29. The lowest BCUT2D eigenvalue weighted by atomic mass is 10.2. The molecule has 19 heavy (non-hydrogen) atoms. The number of rotatable bonds is 6. The molecule has 1 heterocycles. The number of carbonyl (C=O) groups excluding carboxylic acids is 2. The standard InChI is InChI=1S/C11H14ClNO4S2/c1-2-16-9(14)10(15)17-13-8(5-3-4-6-12)7-19-11(13)18/h7H,2-6H2,1H3. The normalized spacial score (nSPS) is 10.2. The molecular weight excluding hydrogens is 310 g/mol. The molecule has 0 aromatic carbocycles. The van der Waals surface area contributed by atoms with Crippen LogP contribution < -0.4 is 4.84 Å². The molecule has 8 heteroatoms. The molecule has 0 N–H and O–H groups in total. The van der Waals surface area contributed by atoms with E-state index < -0.39 is 11.9 Å². The number of thiazole rings is 1. The molecule has 0 bridgehead atoms. The molecule has 0 saturated heterocycles. The van der Waals surface area contributed by atoms with Gasteiger partial charge in [-0.15, -0.1) is 22.9 Å². The summed E-state index contributed by atoms with van der Waals surface area (Å²) in [7, 11) is 0. The van der Waals surface area contributed by atoms with E-state index >= 15 is 0 Å². The fourth-order valence-corrected chi connectivity index (χ4v) is 2.49. The summed E-state index contributed by atoms with van der Waals surface area (Å²) in [5.74, 6) is -1.52. The number of aromatic nitrogens is 1. The molecule has 1 rings (SSSR count). The SMILES string of the molecule is CCOC(=O)C(=O)On1c(CCCCCl)csc1=S. The smallest absolute Gasteiger partial charge is 0.442 e. The molecule has 0 unspecified atom stereocenters. The van der Waals surface area contributed by atoms with Gasteiger partial charge in [-0.2, -0.15) is 4.73 Å². The molecular formula is C11H14ClNO4S2. The Labute approximate surface area is 125 Å². The predicted molar refractivity (Wildman–Crippen MR) is 75.0 cm³/mol. The summed E-state index contributed by atoms with van der Waals surface area (Å²) in [4.78, 5) is 27.6. The highest BCUT2D eigenvalue weighted by Crippen LogP contribution is 2.13. The highest BCUT2D eigenvalue weighted by Gasteiger charge is 2.20. The zero-order chi connectivity index (χ0) is 14.3. The minimum Gasteiger partial charge on any atom is -0.458 e. The molecule has 0 aliphatic heterocycles. The Morgan fingerprint density at radius 2 is 2.16 bits per heavy atom. The number of esters is 1. The number of alkyl halides is 1. The van der Waals surface area contributed by atoms with Gasteiger partial charge in [0.1, 0.15) is 0 Å². The van der Waals surface area contributed by atoms with E-state index in [2.05, 4.69) is 4.74 Å². The fourth-order valence-electron chi connectivity index (χ4n) is 1.30. The lowest BCUT2D eigenvalue weighted by molar-refractivity contribution is -0.167. The van der Waals surface area contributed by atoms with Crippen LogP contribution in [0.3, 0.4) is 0 Å². The van der Waals surface area contributed by atoms with Crippen LogP contribution in [-0.2, 0) is 20.7 Å². The predicted octanol–water partition coefficient (Wildman–Crippen LogP) is 2.36. The van der Waals surface area contributed by atoms with Gasteiger partial charge in [-0.05, 0) is 38.4 Å². The van der Waals surface area contributed by atoms with Gasteiger partial charge in [0, 0.05) is 11.3 Å². The first kappa shape index (κ1) is 16.1. The van der Waals surface area contributed by atoms with E-state index in [-0.39, 0.29) is 6.61 Å². The minimum absolute atomic E-state index is 0.117. The van der Waals surface area contributed by atoms with Gasteiger partial charge in [-0.1, -0.05) is 0 Å². The van der Waals surface area contributed by atoms with Gasteiger partial charge in [-0.25, -0.2) is 9.59 Å². The van der Waals surface area contributed by atoms with Crippen LogP contribution in [0.25, 0.3) is 0 Å². The summed E-state index contributed by atoms with van der Waals surface area (Å²) < 4.78 is 6.13. The van der Waals surface area contributed by atoms with Gasteiger partial charge in [-0.3, -0.25) is 0 Å². The molecule has 0 atom stereocenters. The average Bonchev–Trinajstić information content (AvgIpc) is 2.72. The van der Waals surface area contributed by atoms with Gasteiger partial charge in [0.25, 0.3) is 0 Å². The second-order valence-corrected chi connectivity index (χ2v) is 5.41. The number of ether oxygens (including phenoxy) is 1. The van der Waals surface area contributed by atoms with Gasteiger partial charge in [0.05, 0.1) is 12.3 Å². The van der Waals surface area contributed by atoms with Crippen LogP contribution in [0.2, 0.25) is 0 Å². The zero-order valence-electron chi connectivity index (χ0n) is 10.4. The number of aryl methyl sites for hydroxylation is 1. The molecule has 0 radical (unpaired) electrons. The van der Waals surface area contributed by atoms with Crippen LogP contribution in [0.1, 0.15) is 25.5 Å². The monoisotopic (exact) mass is 323 g/mol. The summed E-state index contributed by atoms with van der Waals surface area (Å²) in [5, 5.41) is 1.80. The molecule has 0 aliphatic rings. The molecule has 0 spiro atoms. The highest BCUT2D eigenvalue weighted by atomic mass is 35.5. The van der Waals surface area contributed by atoms with Gasteiger partial charge >= 0.3 is 11.9 Å². The van der Waals surface area contributed by atoms with Crippen molar-refractivity contribution in [2.24, 2.45) is 0 Å². The van der Waals surface area contributed by atoms with Crippen molar-refractivity contribution in [3.8, 4) is 0 Å². The quantitative estimate of drug-likeness (QED) is 0.264. The van der Waals surface area contributed by atoms with Crippen LogP contribution in [0.4, 0.5) is 0 Å². The van der Waals surface area contributed by atoms with Crippen LogP contribution in [0.5, 0.6) is 0 Å². The van der Waals surface area contributed by atoms with Crippen LogP contribution in [0.15, 0.2) is 5.38 Å². The highest BCUT2D eigenvalue weighted by molar-refractivity contribution is 7.73. The van der Waals surface area contributed by atoms with E-state index in [1.807, 2.05) is 0 Å². The Kier molecular flexibility index (Phi) is 7.04. The number of carbonyl (C=O) groups is 2. The molecule has 106 valence electrons. The third-order valence-corrected chi connectivity index (χ3v) is 3.63. The van der Waals surface area contributed by atoms with Gasteiger partial charge < -0.3 is 9.57 Å². The van der Waals surface area contributed by atoms with E-state index in [9.17, 15) is 9.59 Å². The first-order valence-electron chi connectivity index (χ1n) is 5.75. The molecule has 1 aromatic rings. The van der Waals surface area contributed by atoms with E-state index in [1.165, 1.54) is 16.1 Å². The maximum absolute atomic E-state index is 11.5. The van der Waals surface area contributed by atoms with Gasteiger partial charge in [0.15, 0.2) is 3.95 Å². The molecule has 5 nitrogen and oxygen atoms in total. The van der Waals surface area contributed by atoms with Crippen LogP contribution in [0, 0.1) is 3.95 Å². The largest absolute Gasteiger partial charge is 0.458 e. The molecule has 0 amide bonds. The van der Waals surface area contributed by atoms with Crippen molar-refractivity contribution >= 4 is 47.1 Å². The second-order valence-electron chi connectivity index (χ2n) is 3.53. The van der Waals surface area contributed by atoms with Crippen LogP contribution >= 0.6 is 35.2 Å². The third-order valence-electron chi connectivity index (χ3n) is 2.16. The number of halogens is 1. The summed E-state index contributed by atoms with van der Waals surface area (Å²) in [6, 6.07) is 0. The zero-order valence-corrected chi connectivity index (χ0v) is 12.8. The Hall–Kier alpha value is -0.920. The van der Waals surface area contributed by atoms with Crippen molar-refractivity contribution in [1.29, 1.82) is 0 Å². The number of hydrogen-bond acceptors (Lipinski definition) is 6. The maximum Gasteiger partial charge on any atom is 0.442 e. The Morgan fingerprint density at radius 3 is 2.79 bits per heavy atom. The third kappa shape index (κ3) is 4.93. The van der Waals surface area contributed by atoms with E-state index in [0.29, 0.717) is 16.3 Å². The molecule has 0 aliphatic carbocycles. The van der Waals surface area contributed by atoms with E-state index in [1.54, 1.807) is 12.3 Å². The lowest BCUT2D eigenvalue weighted by Gasteiger charge is -2.07. The van der Waals surface area contributed by atoms with Crippen molar-refractivity contribution in [3.63, 3.8) is 0 Å². The number of nitrogens with zero attached hydrogens (tertiary/aromatic N) is 1. The molecule has 0 saturated carbocycles. The Bertz CT molecular complexity index is 497. The van der Waals surface area contributed by atoms with Crippen LogP contribution in [-0.4, -0.2) is 29.2 Å². The first-order chi connectivity index (χ1) is 9.10. The summed E-state index contributed by atoms with van der Waals surface area (Å²) in [6.07, 6.45) is 2.39. The summed E-state index contributed by atoms with van der Waals surface area (Å²) >= 11 is 11.9. The Morgan fingerprint density at radius 1 is 1.42 bits per heavy atom. The lowest BCUT2D eigenvalue weighted by Crippen LogP contribution is -2.30. The fraction of sp³-hybridized carbons (Fsp3) is 0.545. The van der Waals surface area contributed by atoms with Crippen molar-refractivity contribution in [3.05, 3.63) is 15.0 Å². The first-order valence-corrected chi connectivity index (χ1v) is 7.57. The average molecular weight is 324 g/mol. The maximum atomic E-state index is 11.5. The van der Waals surface area contributed by atoms with E-state index in [0.717, 1.165) is 18.5 Å². The summed E-state index contributed by atoms with van der Waals surface area (Å²) in [5.41, 5.74) is 0.748. The van der Waals surface area contributed by atoms with Crippen molar-refractivity contribution in [1.82, 2.24) is 4.73 Å². The molecule has 1 aromatic heterocycles. The topological polar surface area (TPSA) is 57.5 Å². The minimum atomic E-state index is -1.07. The number of hydrogen-bond donors (Lipinski definition) is 0. The van der Waals surface area contributed by atoms with Crippen molar-refractivity contribution < 1.29 is 19.2 Å². The van der Waals surface area contributed by atoms with Crippen molar-refractivity contribution in [2.75, 3.05) is 12.5 Å². The van der Waals surface area contributed by atoms with Gasteiger partial charge in [0.2, 0.25) is 0 Å².